The molecular weight excluding hydrogens is 295 g/mol. The molecule has 1 N–H and O–H groups in total. The average Bonchev–Trinajstić information content (AvgIpc) is 2.84. The second kappa shape index (κ2) is 6.28. The van der Waals surface area contributed by atoms with E-state index in [1.54, 1.807) is 13.0 Å². The van der Waals surface area contributed by atoms with Gasteiger partial charge in [-0.2, -0.15) is 13.2 Å². The van der Waals surface area contributed by atoms with Crippen molar-refractivity contribution in [3.05, 3.63) is 35.4 Å². The van der Waals surface area contributed by atoms with E-state index < -0.39 is 17.7 Å². The first-order valence-corrected chi connectivity index (χ1v) is 7.25. The molecule has 0 bridgehead atoms. The largest absolute Gasteiger partial charge is 0.416 e. The van der Waals surface area contributed by atoms with E-state index in [-0.39, 0.29) is 17.9 Å². The normalized spacial score (nSPS) is 23.3. The molecular formula is C16H20F3NO2. The molecule has 1 aromatic rings. The van der Waals surface area contributed by atoms with Crippen molar-refractivity contribution in [3.8, 4) is 0 Å². The highest BCUT2D eigenvalue weighted by atomic mass is 19.4. The van der Waals surface area contributed by atoms with Crippen LogP contribution in [0.1, 0.15) is 31.4 Å². The van der Waals surface area contributed by atoms with Crippen molar-refractivity contribution < 1.29 is 22.7 Å². The zero-order valence-corrected chi connectivity index (χ0v) is 12.7. The lowest BCUT2D eigenvalue weighted by atomic mass is 9.96. The Labute approximate surface area is 127 Å². The molecule has 6 heteroatoms. The third-order valence-electron chi connectivity index (χ3n) is 3.89. The molecule has 22 heavy (non-hydrogen) atoms. The zero-order chi connectivity index (χ0) is 16.4. The summed E-state index contributed by atoms with van der Waals surface area (Å²) >= 11 is 0. The number of halogens is 3. The van der Waals surface area contributed by atoms with E-state index in [4.69, 9.17) is 4.74 Å². The molecule has 3 nitrogen and oxygen atoms in total. The number of carbonyl (C=O) groups is 1. The number of alkyl halides is 3. The van der Waals surface area contributed by atoms with Gasteiger partial charge in [0.1, 0.15) is 0 Å². The Bertz CT molecular complexity index is 536. The first-order chi connectivity index (χ1) is 10.2. The van der Waals surface area contributed by atoms with E-state index in [9.17, 15) is 18.0 Å². The summed E-state index contributed by atoms with van der Waals surface area (Å²) in [5, 5.41) is 2.93. The van der Waals surface area contributed by atoms with Gasteiger partial charge in [0.05, 0.1) is 17.7 Å². The standard InChI is InChI=1S/C16H20F3NO2/c1-11(14(21)20-15(2)6-7-22-10-15)8-12-4-3-5-13(9-12)16(17,18)19/h3-5,9,11H,6-8,10H2,1-2H3,(H,20,21)/t11-,15+/m1/s1. The van der Waals surface area contributed by atoms with Crippen LogP contribution in [-0.2, 0) is 22.1 Å². The summed E-state index contributed by atoms with van der Waals surface area (Å²) in [6.07, 6.45) is -3.35. The van der Waals surface area contributed by atoms with E-state index in [2.05, 4.69) is 5.32 Å². The minimum absolute atomic E-state index is 0.162. The highest BCUT2D eigenvalue weighted by molar-refractivity contribution is 5.79. The Kier molecular flexibility index (Phi) is 4.80. The molecule has 1 amide bonds. The molecule has 0 saturated carbocycles. The molecule has 1 heterocycles. The van der Waals surface area contributed by atoms with Crippen molar-refractivity contribution >= 4 is 5.91 Å². The number of benzene rings is 1. The summed E-state index contributed by atoms with van der Waals surface area (Å²) in [6.45, 7) is 4.71. The van der Waals surface area contributed by atoms with Crippen molar-refractivity contribution in [3.63, 3.8) is 0 Å². The van der Waals surface area contributed by atoms with Crippen molar-refractivity contribution in [2.75, 3.05) is 13.2 Å². The second-order valence-corrected chi connectivity index (χ2v) is 6.16. The van der Waals surface area contributed by atoms with Crippen LogP contribution in [0.5, 0.6) is 0 Å². The molecule has 122 valence electrons. The number of rotatable bonds is 4. The Hall–Kier alpha value is -1.56. The van der Waals surface area contributed by atoms with E-state index in [1.165, 1.54) is 6.07 Å². The third-order valence-corrected chi connectivity index (χ3v) is 3.89. The summed E-state index contributed by atoms with van der Waals surface area (Å²) in [6, 6.07) is 5.11. The summed E-state index contributed by atoms with van der Waals surface area (Å²) in [5.41, 5.74) is -0.557. The van der Waals surface area contributed by atoms with Gasteiger partial charge in [0.25, 0.3) is 0 Å². The molecule has 2 atom stereocenters. The van der Waals surface area contributed by atoms with Gasteiger partial charge in [0, 0.05) is 12.5 Å². The first kappa shape index (κ1) is 16.8. The van der Waals surface area contributed by atoms with Crippen molar-refractivity contribution in [1.82, 2.24) is 5.32 Å². The monoisotopic (exact) mass is 315 g/mol. The average molecular weight is 315 g/mol. The van der Waals surface area contributed by atoms with Crippen molar-refractivity contribution in [2.45, 2.75) is 38.4 Å². The Morgan fingerprint density at radius 2 is 2.18 bits per heavy atom. The van der Waals surface area contributed by atoms with Crippen LogP contribution >= 0.6 is 0 Å². The van der Waals surface area contributed by atoms with E-state index >= 15 is 0 Å². The van der Waals surface area contributed by atoms with Gasteiger partial charge in [-0.3, -0.25) is 4.79 Å². The Morgan fingerprint density at radius 3 is 2.77 bits per heavy atom. The van der Waals surface area contributed by atoms with Crippen molar-refractivity contribution in [1.29, 1.82) is 0 Å². The number of nitrogens with one attached hydrogen (secondary N) is 1. The van der Waals surface area contributed by atoms with Crippen molar-refractivity contribution in [2.24, 2.45) is 5.92 Å². The Morgan fingerprint density at radius 1 is 1.45 bits per heavy atom. The lowest BCUT2D eigenvalue weighted by molar-refractivity contribution is -0.137. The molecule has 0 spiro atoms. The molecule has 1 fully saturated rings. The van der Waals surface area contributed by atoms with Crippen LogP contribution in [0.4, 0.5) is 13.2 Å². The minimum atomic E-state index is -4.36. The second-order valence-electron chi connectivity index (χ2n) is 6.16. The van der Waals surface area contributed by atoms with E-state index in [1.807, 2.05) is 6.92 Å². The van der Waals surface area contributed by atoms with Gasteiger partial charge in [0.15, 0.2) is 0 Å². The van der Waals surface area contributed by atoms with Crippen LogP contribution in [0, 0.1) is 5.92 Å². The topological polar surface area (TPSA) is 38.3 Å². The van der Waals surface area contributed by atoms with E-state index in [0.29, 0.717) is 18.8 Å². The van der Waals surface area contributed by atoms with Gasteiger partial charge in [-0.1, -0.05) is 25.1 Å². The number of amides is 1. The maximum absolute atomic E-state index is 12.7. The molecule has 1 aliphatic heterocycles. The van der Waals surface area contributed by atoms with Gasteiger partial charge >= 0.3 is 6.18 Å². The Balaban J connectivity index is 1.99. The third kappa shape index (κ3) is 4.22. The van der Waals surface area contributed by atoms with Crippen LogP contribution in [0.15, 0.2) is 24.3 Å². The van der Waals surface area contributed by atoms with Crippen LogP contribution in [-0.4, -0.2) is 24.7 Å². The molecule has 0 aromatic heterocycles. The number of carbonyl (C=O) groups excluding carboxylic acids is 1. The molecule has 1 saturated heterocycles. The minimum Gasteiger partial charge on any atom is -0.379 e. The van der Waals surface area contributed by atoms with Gasteiger partial charge < -0.3 is 10.1 Å². The predicted octanol–water partition coefficient (Wildman–Crippen LogP) is 3.18. The summed E-state index contributed by atoms with van der Waals surface area (Å²) in [7, 11) is 0. The van der Waals surface area contributed by atoms with Gasteiger partial charge in [0.2, 0.25) is 5.91 Å². The maximum Gasteiger partial charge on any atom is 0.416 e. The van der Waals surface area contributed by atoms with Crippen LogP contribution in [0.3, 0.4) is 0 Å². The van der Waals surface area contributed by atoms with Crippen LogP contribution in [0.2, 0.25) is 0 Å². The predicted molar refractivity (Wildman–Crippen MR) is 76.3 cm³/mol. The SMILES string of the molecule is C[C@H](Cc1cccc(C(F)(F)F)c1)C(=O)N[C@@]1(C)CCOC1. The maximum atomic E-state index is 12.7. The summed E-state index contributed by atoms with van der Waals surface area (Å²) in [5.74, 6) is -0.564. The highest BCUT2D eigenvalue weighted by Gasteiger charge is 2.33. The number of ether oxygens (including phenoxy) is 1. The highest BCUT2D eigenvalue weighted by Crippen LogP contribution is 2.30. The summed E-state index contributed by atoms with van der Waals surface area (Å²) < 4.78 is 43.3. The van der Waals surface area contributed by atoms with Gasteiger partial charge in [-0.15, -0.1) is 0 Å². The number of hydrogen-bond acceptors (Lipinski definition) is 2. The van der Waals surface area contributed by atoms with Crippen LogP contribution < -0.4 is 5.32 Å². The molecule has 2 rings (SSSR count). The molecule has 0 unspecified atom stereocenters. The van der Waals surface area contributed by atoms with Gasteiger partial charge in [-0.25, -0.2) is 0 Å². The quantitative estimate of drug-likeness (QED) is 0.927. The van der Waals surface area contributed by atoms with E-state index in [0.717, 1.165) is 18.6 Å². The molecule has 1 aliphatic rings. The number of hydrogen-bond donors (Lipinski definition) is 1. The lowest BCUT2D eigenvalue weighted by Crippen LogP contribution is -2.48. The fraction of sp³-hybridized carbons (Fsp3) is 0.562. The fourth-order valence-corrected chi connectivity index (χ4v) is 2.51. The lowest BCUT2D eigenvalue weighted by Gasteiger charge is -2.25. The first-order valence-electron chi connectivity index (χ1n) is 7.25. The molecule has 0 aliphatic carbocycles. The smallest absolute Gasteiger partial charge is 0.379 e. The zero-order valence-electron chi connectivity index (χ0n) is 12.7. The summed E-state index contributed by atoms with van der Waals surface area (Å²) in [4.78, 5) is 12.2. The molecule has 0 radical (unpaired) electrons. The van der Waals surface area contributed by atoms with Gasteiger partial charge in [-0.05, 0) is 31.4 Å². The molecule has 1 aromatic carbocycles. The fourth-order valence-electron chi connectivity index (χ4n) is 2.51. The van der Waals surface area contributed by atoms with Crippen LogP contribution in [0.25, 0.3) is 0 Å².